The summed E-state index contributed by atoms with van der Waals surface area (Å²) < 4.78 is 13.1. The first-order valence-electron chi connectivity index (χ1n) is 5.84. The highest BCUT2D eigenvalue weighted by Crippen LogP contribution is 2.33. The summed E-state index contributed by atoms with van der Waals surface area (Å²) in [6.45, 7) is 4.51. The Morgan fingerprint density at radius 2 is 1.78 bits per heavy atom. The third kappa shape index (κ3) is 2.92. The number of aryl methyl sites for hydroxylation is 2. The van der Waals surface area contributed by atoms with Crippen molar-refractivity contribution in [3.63, 3.8) is 0 Å². The van der Waals surface area contributed by atoms with E-state index < -0.39 is 0 Å². The number of nitrogens with two attached hydrogens (primary N) is 1. The quantitative estimate of drug-likeness (QED) is 0.902. The molecule has 2 aromatic carbocycles. The SMILES string of the molecule is Cc1ccc(Sc2ccc(F)cc2CN)c(C)c1. The van der Waals surface area contributed by atoms with Gasteiger partial charge in [-0.3, -0.25) is 0 Å². The number of rotatable bonds is 3. The van der Waals surface area contributed by atoms with E-state index in [0.717, 1.165) is 10.5 Å². The van der Waals surface area contributed by atoms with Crippen LogP contribution in [0.1, 0.15) is 16.7 Å². The van der Waals surface area contributed by atoms with Gasteiger partial charge in [0.25, 0.3) is 0 Å². The van der Waals surface area contributed by atoms with Gasteiger partial charge < -0.3 is 5.73 Å². The molecule has 0 unspecified atom stereocenters. The number of hydrogen-bond donors (Lipinski definition) is 1. The fraction of sp³-hybridized carbons (Fsp3) is 0.200. The summed E-state index contributed by atoms with van der Waals surface area (Å²) in [5.74, 6) is -0.236. The first kappa shape index (κ1) is 13.1. The molecule has 18 heavy (non-hydrogen) atoms. The molecule has 0 aromatic heterocycles. The fourth-order valence-electron chi connectivity index (χ4n) is 1.84. The second kappa shape index (κ2) is 5.55. The summed E-state index contributed by atoms with van der Waals surface area (Å²) in [5, 5.41) is 0. The maximum atomic E-state index is 13.1. The first-order chi connectivity index (χ1) is 8.60. The number of hydrogen-bond acceptors (Lipinski definition) is 2. The lowest BCUT2D eigenvalue weighted by molar-refractivity contribution is 0.623. The summed E-state index contributed by atoms with van der Waals surface area (Å²) in [4.78, 5) is 2.20. The normalized spacial score (nSPS) is 10.7. The standard InChI is InChI=1S/C15H16FNS/c1-10-3-5-14(11(2)7-10)18-15-6-4-13(16)8-12(15)9-17/h3-8H,9,17H2,1-2H3. The van der Waals surface area contributed by atoms with Gasteiger partial charge in [-0.05, 0) is 49.2 Å². The summed E-state index contributed by atoms with van der Waals surface area (Å²) in [7, 11) is 0. The molecule has 0 spiro atoms. The topological polar surface area (TPSA) is 26.0 Å². The molecule has 0 radical (unpaired) electrons. The van der Waals surface area contributed by atoms with Crippen molar-refractivity contribution in [1.82, 2.24) is 0 Å². The van der Waals surface area contributed by atoms with Crippen LogP contribution < -0.4 is 5.73 Å². The van der Waals surface area contributed by atoms with E-state index in [1.165, 1.54) is 28.2 Å². The van der Waals surface area contributed by atoms with Crippen LogP contribution in [0.3, 0.4) is 0 Å². The average molecular weight is 261 g/mol. The maximum absolute atomic E-state index is 13.1. The second-order valence-corrected chi connectivity index (χ2v) is 5.41. The smallest absolute Gasteiger partial charge is 0.123 e. The lowest BCUT2D eigenvalue weighted by atomic mass is 10.2. The monoisotopic (exact) mass is 261 g/mol. The minimum absolute atomic E-state index is 0.236. The minimum Gasteiger partial charge on any atom is -0.326 e. The Morgan fingerprint density at radius 3 is 2.44 bits per heavy atom. The van der Waals surface area contributed by atoms with Gasteiger partial charge in [-0.1, -0.05) is 29.5 Å². The predicted molar refractivity (Wildman–Crippen MR) is 74.3 cm³/mol. The molecule has 0 bridgehead atoms. The predicted octanol–water partition coefficient (Wildman–Crippen LogP) is 4.05. The molecular formula is C15H16FNS. The van der Waals surface area contributed by atoms with Crippen molar-refractivity contribution >= 4 is 11.8 Å². The van der Waals surface area contributed by atoms with Crippen LogP contribution in [0.4, 0.5) is 4.39 Å². The summed E-state index contributed by atoms with van der Waals surface area (Å²) in [6.07, 6.45) is 0. The highest BCUT2D eigenvalue weighted by Gasteiger charge is 2.06. The van der Waals surface area contributed by atoms with Crippen LogP contribution in [-0.2, 0) is 6.54 Å². The Morgan fingerprint density at radius 1 is 1.06 bits per heavy atom. The molecule has 1 nitrogen and oxygen atoms in total. The van der Waals surface area contributed by atoms with Crippen molar-refractivity contribution in [2.45, 2.75) is 30.2 Å². The molecule has 3 heteroatoms. The summed E-state index contributed by atoms with van der Waals surface area (Å²) >= 11 is 1.64. The summed E-state index contributed by atoms with van der Waals surface area (Å²) in [6, 6.07) is 11.1. The molecule has 0 saturated carbocycles. The van der Waals surface area contributed by atoms with Crippen molar-refractivity contribution < 1.29 is 4.39 Å². The van der Waals surface area contributed by atoms with Gasteiger partial charge in [0.2, 0.25) is 0 Å². The lowest BCUT2D eigenvalue weighted by Crippen LogP contribution is -1.99. The highest BCUT2D eigenvalue weighted by atomic mass is 32.2. The Balaban J connectivity index is 2.33. The van der Waals surface area contributed by atoms with Crippen molar-refractivity contribution in [2.24, 2.45) is 5.73 Å². The molecule has 2 rings (SSSR count). The van der Waals surface area contributed by atoms with Gasteiger partial charge in [-0.2, -0.15) is 0 Å². The number of benzene rings is 2. The van der Waals surface area contributed by atoms with Crippen LogP contribution >= 0.6 is 11.8 Å². The molecule has 0 heterocycles. The molecule has 0 amide bonds. The van der Waals surface area contributed by atoms with Crippen LogP contribution in [0.25, 0.3) is 0 Å². The van der Waals surface area contributed by atoms with Crippen LogP contribution in [-0.4, -0.2) is 0 Å². The Labute approximate surface area is 111 Å². The van der Waals surface area contributed by atoms with Gasteiger partial charge in [0.05, 0.1) is 0 Å². The molecule has 0 aliphatic rings. The molecule has 0 fully saturated rings. The molecule has 0 aliphatic carbocycles. The van der Waals surface area contributed by atoms with Gasteiger partial charge in [0.1, 0.15) is 5.82 Å². The maximum Gasteiger partial charge on any atom is 0.123 e. The van der Waals surface area contributed by atoms with Gasteiger partial charge in [-0.25, -0.2) is 4.39 Å². The van der Waals surface area contributed by atoms with Gasteiger partial charge in [0.15, 0.2) is 0 Å². The van der Waals surface area contributed by atoms with Crippen molar-refractivity contribution in [2.75, 3.05) is 0 Å². The zero-order valence-electron chi connectivity index (χ0n) is 10.5. The molecule has 0 saturated heterocycles. The van der Waals surface area contributed by atoms with Crippen molar-refractivity contribution in [3.05, 3.63) is 58.9 Å². The van der Waals surface area contributed by atoms with E-state index in [2.05, 4.69) is 32.0 Å². The van der Waals surface area contributed by atoms with Crippen LogP contribution in [0.15, 0.2) is 46.2 Å². The first-order valence-corrected chi connectivity index (χ1v) is 6.65. The van der Waals surface area contributed by atoms with Crippen LogP contribution in [0.5, 0.6) is 0 Å². The average Bonchev–Trinajstić information content (AvgIpc) is 2.34. The van der Waals surface area contributed by atoms with Crippen molar-refractivity contribution in [3.8, 4) is 0 Å². The molecule has 2 N–H and O–H groups in total. The number of halogens is 1. The van der Waals surface area contributed by atoms with Gasteiger partial charge in [-0.15, -0.1) is 0 Å². The zero-order chi connectivity index (χ0) is 13.1. The molecule has 0 aliphatic heterocycles. The molecular weight excluding hydrogens is 245 g/mol. The van der Waals surface area contributed by atoms with E-state index in [9.17, 15) is 4.39 Å². The van der Waals surface area contributed by atoms with E-state index in [-0.39, 0.29) is 5.82 Å². The molecule has 94 valence electrons. The molecule has 0 atom stereocenters. The van der Waals surface area contributed by atoms with Gasteiger partial charge in [0, 0.05) is 16.3 Å². The fourth-order valence-corrected chi connectivity index (χ4v) is 2.84. The molecule has 2 aromatic rings. The lowest BCUT2D eigenvalue weighted by Gasteiger charge is -2.10. The van der Waals surface area contributed by atoms with E-state index >= 15 is 0 Å². The second-order valence-electron chi connectivity index (χ2n) is 4.33. The highest BCUT2D eigenvalue weighted by molar-refractivity contribution is 7.99. The third-order valence-electron chi connectivity index (χ3n) is 2.79. The Bertz CT molecular complexity index is 566. The van der Waals surface area contributed by atoms with E-state index in [4.69, 9.17) is 5.73 Å². The van der Waals surface area contributed by atoms with Crippen LogP contribution in [0, 0.1) is 19.7 Å². The van der Waals surface area contributed by atoms with Gasteiger partial charge >= 0.3 is 0 Å². The largest absolute Gasteiger partial charge is 0.326 e. The Kier molecular flexibility index (Phi) is 4.04. The summed E-state index contributed by atoms with van der Waals surface area (Å²) in [5.41, 5.74) is 8.98. The van der Waals surface area contributed by atoms with E-state index in [1.807, 2.05) is 0 Å². The zero-order valence-corrected chi connectivity index (χ0v) is 11.4. The third-order valence-corrected chi connectivity index (χ3v) is 4.09. The minimum atomic E-state index is -0.236. The van der Waals surface area contributed by atoms with Crippen molar-refractivity contribution in [1.29, 1.82) is 0 Å². The van der Waals surface area contributed by atoms with E-state index in [0.29, 0.717) is 6.54 Å². The van der Waals surface area contributed by atoms with Crippen LogP contribution in [0.2, 0.25) is 0 Å². The van der Waals surface area contributed by atoms with E-state index in [1.54, 1.807) is 17.8 Å². The Hall–Kier alpha value is -1.32.